The van der Waals surface area contributed by atoms with Crippen LogP contribution in [0.4, 0.5) is 0 Å². The van der Waals surface area contributed by atoms with Gasteiger partial charge in [-0.25, -0.2) is 4.68 Å². The van der Waals surface area contributed by atoms with Crippen LogP contribution in [0.5, 0.6) is 5.75 Å². The highest BCUT2D eigenvalue weighted by Crippen LogP contribution is 2.19. The minimum Gasteiger partial charge on any atom is -0.496 e. The molecule has 0 unspecified atom stereocenters. The van der Waals surface area contributed by atoms with Gasteiger partial charge in [-0.2, -0.15) is 0 Å². The predicted octanol–water partition coefficient (Wildman–Crippen LogP) is 2.09. The van der Waals surface area contributed by atoms with Crippen molar-refractivity contribution in [2.75, 3.05) is 18.3 Å². The molecule has 7 heteroatoms. The molecule has 0 spiro atoms. The second-order valence-corrected chi connectivity index (χ2v) is 5.17. The SMILES string of the molecule is CCSc1nnc(C)n1NC(=O)c1ccccc1OC. The van der Waals surface area contributed by atoms with Crippen LogP contribution in [0.25, 0.3) is 0 Å². The first kappa shape index (κ1) is 14.4. The quantitative estimate of drug-likeness (QED) is 0.855. The Morgan fingerprint density at radius 1 is 1.40 bits per heavy atom. The number of nitrogens with zero attached hydrogens (tertiary/aromatic N) is 3. The summed E-state index contributed by atoms with van der Waals surface area (Å²) in [7, 11) is 1.54. The van der Waals surface area contributed by atoms with Crippen LogP contribution in [0.15, 0.2) is 29.4 Å². The van der Waals surface area contributed by atoms with Crippen molar-refractivity contribution in [1.82, 2.24) is 14.9 Å². The maximum Gasteiger partial charge on any atom is 0.273 e. The summed E-state index contributed by atoms with van der Waals surface area (Å²) in [6.45, 7) is 3.80. The summed E-state index contributed by atoms with van der Waals surface area (Å²) in [5.74, 6) is 1.75. The van der Waals surface area contributed by atoms with Gasteiger partial charge in [-0.3, -0.25) is 10.2 Å². The molecular formula is C13H16N4O2S. The average molecular weight is 292 g/mol. The van der Waals surface area contributed by atoms with E-state index in [-0.39, 0.29) is 5.91 Å². The first-order chi connectivity index (χ1) is 9.67. The lowest BCUT2D eigenvalue weighted by Crippen LogP contribution is -2.25. The molecule has 1 aromatic heterocycles. The molecule has 0 atom stereocenters. The molecule has 0 saturated carbocycles. The monoisotopic (exact) mass is 292 g/mol. The Morgan fingerprint density at radius 3 is 2.85 bits per heavy atom. The van der Waals surface area contributed by atoms with Gasteiger partial charge >= 0.3 is 0 Å². The fourth-order valence-corrected chi connectivity index (χ4v) is 2.35. The number of aryl methyl sites for hydroxylation is 1. The lowest BCUT2D eigenvalue weighted by atomic mass is 10.2. The molecule has 1 heterocycles. The highest BCUT2D eigenvalue weighted by molar-refractivity contribution is 7.99. The van der Waals surface area contributed by atoms with E-state index in [0.717, 1.165) is 5.75 Å². The number of nitrogens with one attached hydrogen (secondary N) is 1. The van der Waals surface area contributed by atoms with Crippen molar-refractivity contribution in [3.8, 4) is 5.75 Å². The summed E-state index contributed by atoms with van der Waals surface area (Å²) in [5.41, 5.74) is 3.25. The van der Waals surface area contributed by atoms with Crippen molar-refractivity contribution >= 4 is 17.7 Å². The minimum absolute atomic E-state index is 0.261. The number of carbonyl (C=O) groups excluding carboxylic acids is 1. The Kier molecular flexibility index (Phi) is 4.62. The molecule has 1 amide bonds. The Bertz CT molecular complexity index is 612. The summed E-state index contributed by atoms with van der Waals surface area (Å²) in [6, 6.07) is 7.06. The van der Waals surface area contributed by atoms with Gasteiger partial charge in [0.15, 0.2) is 0 Å². The number of aromatic nitrogens is 3. The maximum atomic E-state index is 12.3. The zero-order valence-corrected chi connectivity index (χ0v) is 12.4. The highest BCUT2D eigenvalue weighted by Gasteiger charge is 2.15. The van der Waals surface area contributed by atoms with Gasteiger partial charge in [-0.15, -0.1) is 10.2 Å². The van der Waals surface area contributed by atoms with Crippen LogP contribution in [0, 0.1) is 6.92 Å². The summed E-state index contributed by atoms with van der Waals surface area (Å²) < 4.78 is 6.77. The van der Waals surface area contributed by atoms with E-state index in [2.05, 4.69) is 15.6 Å². The molecule has 20 heavy (non-hydrogen) atoms. The minimum atomic E-state index is -0.261. The van der Waals surface area contributed by atoms with E-state index in [1.165, 1.54) is 18.9 Å². The van der Waals surface area contributed by atoms with Crippen LogP contribution >= 0.6 is 11.8 Å². The number of carbonyl (C=O) groups is 1. The van der Waals surface area contributed by atoms with Gasteiger partial charge < -0.3 is 4.74 Å². The van der Waals surface area contributed by atoms with Crippen molar-refractivity contribution in [1.29, 1.82) is 0 Å². The number of ether oxygens (including phenoxy) is 1. The van der Waals surface area contributed by atoms with Crippen LogP contribution in [0.2, 0.25) is 0 Å². The molecule has 1 aromatic carbocycles. The molecule has 106 valence electrons. The number of hydrogen-bond donors (Lipinski definition) is 1. The summed E-state index contributed by atoms with van der Waals surface area (Å²) in [4.78, 5) is 12.3. The third kappa shape index (κ3) is 2.93. The van der Waals surface area contributed by atoms with Crippen LogP contribution in [0.1, 0.15) is 23.1 Å². The third-order valence-electron chi connectivity index (χ3n) is 2.63. The van der Waals surface area contributed by atoms with Crippen LogP contribution in [-0.2, 0) is 0 Å². The lowest BCUT2D eigenvalue weighted by molar-refractivity contribution is 0.100. The Morgan fingerprint density at radius 2 is 2.15 bits per heavy atom. The van der Waals surface area contributed by atoms with E-state index in [4.69, 9.17) is 4.74 Å². The standard InChI is InChI=1S/C13H16N4O2S/c1-4-20-13-15-14-9(2)17(13)16-12(18)10-7-5-6-8-11(10)19-3/h5-8H,4H2,1-3H3,(H,16,18). The van der Waals surface area contributed by atoms with E-state index in [1.807, 2.05) is 13.0 Å². The van der Waals surface area contributed by atoms with Gasteiger partial charge in [0.05, 0.1) is 12.7 Å². The number of amides is 1. The van der Waals surface area contributed by atoms with E-state index < -0.39 is 0 Å². The van der Waals surface area contributed by atoms with E-state index in [1.54, 1.807) is 29.8 Å². The molecule has 0 radical (unpaired) electrons. The van der Waals surface area contributed by atoms with Crippen molar-refractivity contribution in [2.24, 2.45) is 0 Å². The van der Waals surface area contributed by atoms with Crippen LogP contribution in [0.3, 0.4) is 0 Å². The molecule has 0 bridgehead atoms. The smallest absolute Gasteiger partial charge is 0.273 e. The molecular weight excluding hydrogens is 276 g/mol. The van der Waals surface area contributed by atoms with E-state index >= 15 is 0 Å². The summed E-state index contributed by atoms with van der Waals surface area (Å²) in [5, 5.41) is 8.66. The number of rotatable bonds is 5. The zero-order valence-electron chi connectivity index (χ0n) is 11.6. The Balaban J connectivity index is 2.26. The van der Waals surface area contributed by atoms with Crippen molar-refractivity contribution in [2.45, 2.75) is 19.0 Å². The summed E-state index contributed by atoms with van der Waals surface area (Å²) in [6.07, 6.45) is 0. The number of thioether (sulfide) groups is 1. The Labute approximate surface area is 121 Å². The fraction of sp³-hybridized carbons (Fsp3) is 0.308. The molecule has 6 nitrogen and oxygen atoms in total. The second-order valence-electron chi connectivity index (χ2n) is 3.94. The summed E-state index contributed by atoms with van der Waals surface area (Å²) >= 11 is 1.51. The lowest BCUT2D eigenvalue weighted by Gasteiger charge is -2.11. The zero-order chi connectivity index (χ0) is 14.5. The maximum absolute atomic E-state index is 12.3. The van der Waals surface area contributed by atoms with E-state index in [0.29, 0.717) is 22.3 Å². The normalized spacial score (nSPS) is 10.3. The first-order valence-electron chi connectivity index (χ1n) is 6.16. The largest absolute Gasteiger partial charge is 0.496 e. The number of hydrogen-bond acceptors (Lipinski definition) is 5. The third-order valence-corrected chi connectivity index (χ3v) is 3.44. The first-order valence-corrected chi connectivity index (χ1v) is 7.15. The topological polar surface area (TPSA) is 69.0 Å². The molecule has 0 aliphatic carbocycles. The molecule has 2 rings (SSSR count). The Hall–Kier alpha value is -2.02. The molecule has 0 saturated heterocycles. The average Bonchev–Trinajstić information content (AvgIpc) is 2.80. The fourth-order valence-electron chi connectivity index (χ4n) is 1.69. The van der Waals surface area contributed by atoms with E-state index in [9.17, 15) is 4.79 Å². The number of methoxy groups -OCH3 is 1. The van der Waals surface area contributed by atoms with Crippen molar-refractivity contribution in [3.05, 3.63) is 35.7 Å². The predicted molar refractivity (Wildman–Crippen MR) is 77.8 cm³/mol. The highest BCUT2D eigenvalue weighted by atomic mass is 32.2. The van der Waals surface area contributed by atoms with Gasteiger partial charge in [0, 0.05) is 0 Å². The van der Waals surface area contributed by atoms with Crippen LogP contribution in [-0.4, -0.2) is 33.6 Å². The molecule has 1 N–H and O–H groups in total. The van der Waals surface area contributed by atoms with Gasteiger partial charge in [-0.05, 0) is 24.8 Å². The van der Waals surface area contributed by atoms with Crippen LogP contribution < -0.4 is 10.2 Å². The van der Waals surface area contributed by atoms with Gasteiger partial charge in [-0.1, -0.05) is 30.8 Å². The van der Waals surface area contributed by atoms with Gasteiger partial charge in [0.1, 0.15) is 11.6 Å². The molecule has 0 fully saturated rings. The molecule has 0 aliphatic rings. The molecule has 2 aromatic rings. The molecule has 0 aliphatic heterocycles. The van der Waals surface area contributed by atoms with Crippen molar-refractivity contribution < 1.29 is 9.53 Å². The second kappa shape index (κ2) is 6.42. The number of para-hydroxylation sites is 1. The van der Waals surface area contributed by atoms with Crippen molar-refractivity contribution in [3.63, 3.8) is 0 Å². The van der Waals surface area contributed by atoms with Gasteiger partial charge in [0.25, 0.3) is 5.91 Å². The van der Waals surface area contributed by atoms with Gasteiger partial charge in [0.2, 0.25) is 5.16 Å². The number of benzene rings is 1.